The van der Waals surface area contributed by atoms with E-state index in [4.69, 9.17) is 0 Å². The van der Waals surface area contributed by atoms with Gasteiger partial charge in [0.05, 0.1) is 34.7 Å². The van der Waals surface area contributed by atoms with E-state index in [9.17, 15) is 14.4 Å². The van der Waals surface area contributed by atoms with Crippen LogP contribution in [0, 0.1) is 24.1 Å². The lowest BCUT2D eigenvalue weighted by molar-refractivity contribution is -0.141. The summed E-state index contributed by atoms with van der Waals surface area (Å²) in [5.74, 6) is -0.223. The van der Waals surface area contributed by atoms with Gasteiger partial charge in [-0.25, -0.2) is 18.7 Å². The average Bonchev–Trinajstić information content (AvgIpc) is 3.23. The minimum absolute atomic E-state index is 0.00286. The summed E-state index contributed by atoms with van der Waals surface area (Å²) in [7, 11) is 1.59. The van der Waals surface area contributed by atoms with Gasteiger partial charge in [-0.3, -0.25) is 19.4 Å². The molecule has 2 N–H and O–H groups in total. The van der Waals surface area contributed by atoms with Gasteiger partial charge < -0.3 is 25.3 Å². The number of anilines is 4. The molecule has 3 aliphatic rings. The van der Waals surface area contributed by atoms with Gasteiger partial charge in [0, 0.05) is 80.6 Å². The summed E-state index contributed by atoms with van der Waals surface area (Å²) in [6.45, 7) is 17.4. The van der Waals surface area contributed by atoms with Gasteiger partial charge in [-0.15, -0.1) is 0 Å². The van der Waals surface area contributed by atoms with Crippen LogP contribution in [0.15, 0.2) is 70.7 Å². The maximum atomic E-state index is 15.2. The van der Waals surface area contributed by atoms with Gasteiger partial charge in [0.2, 0.25) is 11.9 Å². The van der Waals surface area contributed by atoms with Crippen molar-refractivity contribution in [3.63, 3.8) is 0 Å². The maximum absolute atomic E-state index is 15.2. The van der Waals surface area contributed by atoms with Gasteiger partial charge >= 0.3 is 0 Å². The van der Waals surface area contributed by atoms with Crippen molar-refractivity contribution in [3.05, 3.63) is 83.3 Å². The molecule has 0 bridgehead atoms. The third-order valence-corrected chi connectivity index (χ3v) is 13.3. The van der Waals surface area contributed by atoms with Crippen molar-refractivity contribution in [2.24, 2.45) is 16.3 Å². The fourth-order valence-corrected chi connectivity index (χ4v) is 9.85. The quantitative estimate of drug-likeness (QED) is 0.0781. The van der Waals surface area contributed by atoms with E-state index in [0.29, 0.717) is 35.7 Å². The topological polar surface area (TPSA) is 126 Å². The highest BCUT2D eigenvalue weighted by Gasteiger charge is 2.42. The molecule has 59 heavy (non-hydrogen) atoms. The Morgan fingerprint density at radius 2 is 1.76 bits per heavy atom. The molecule has 4 heterocycles. The Hall–Kier alpha value is -5.34. The van der Waals surface area contributed by atoms with E-state index >= 15 is 4.39 Å². The molecule has 0 aliphatic carbocycles. The van der Waals surface area contributed by atoms with E-state index in [-0.39, 0.29) is 34.9 Å². The lowest BCUT2D eigenvalue weighted by Gasteiger charge is -2.49. The standard InChI is InChI=1S/C45H54FN9O3S/c1-7-55(29(2)3)38-24-32(23-30(4)40(38)47-5)41-36(46)25-49-44(51-41)50-34-11-13-35(14-12-34)59-54-26-33(27-54)43(58)53-21-17-45(18-22-53)15-19-52(20-16-45)37-10-8-9-31(28-56)39(37)42(57)48-6/h8-14,23-25,28-29,33H,5,7,15-22,26-27H2,1-4,6H3,(H,48,57)(H,49,50,51). The van der Waals surface area contributed by atoms with Crippen molar-refractivity contribution in [3.8, 4) is 11.3 Å². The Balaban J connectivity index is 0.893. The highest BCUT2D eigenvalue weighted by atomic mass is 32.2. The number of aryl methyl sites for hydroxylation is 1. The Morgan fingerprint density at radius 3 is 2.39 bits per heavy atom. The van der Waals surface area contributed by atoms with Crippen molar-refractivity contribution in [2.75, 3.05) is 68.0 Å². The second kappa shape index (κ2) is 17.9. The molecular weight excluding hydrogens is 766 g/mol. The Bertz CT molecular complexity index is 2190. The van der Waals surface area contributed by atoms with Crippen LogP contribution in [0.5, 0.6) is 0 Å². The highest BCUT2D eigenvalue weighted by Crippen LogP contribution is 2.44. The van der Waals surface area contributed by atoms with Crippen molar-refractivity contribution >= 4 is 65.5 Å². The molecule has 4 aromatic rings. The number of aldehydes is 1. The fourth-order valence-electron chi connectivity index (χ4n) is 8.79. The minimum Gasteiger partial charge on any atom is -0.371 e. The number of carbonyl (C=O) groups excluding carboxylic acids is 3. The van der Waals surface area contributed by atoms with Crippen LogP contribution in [0.4, 0.5) is 33.1 Å². The number of aliphatic imine (C=N–C) groups is 1. The first-order valence-electron chi connectivity index (χ1n) is 20.5. The maximum Gasteiger partial charge on any atom is 0.253 e. The van der Waals surface area contributed by atoms with Gasteiger partial charge in [-0.2, -0.15) is 0 Å². The first-order chi connectivity index (χ1) is 28.5. The zero-order chi connectivity index (χ0) is 41.8. The second-order valence-electron chi connectivity index (χ2n) is 16.1. The van der Waals surface area contributed by atoms with E-state index in [2.05, 4.69) is 72.1 Å². The molecular formula is C45H54FN9O3S. The molecule has 14 heteroatoms. The SMILES string of the molecule is C=Nc1c(C)cc(-c2nc(Nc3ccc(SN4CC(C(=O)N5CCC6(CC5)CCN(c5cccc(C=O)c5C(=O)NC)CC6)C4)cc3)ncc2F)cc1N(CC)C(C)C. The molecule has 3 saturated heterocycles. The van der Waals surface area contributed by atoms with Crippen molar-refractivity contribution in [1.29, 1.82) is 0 Å². The summed E-state index contributed by atoms with van der Waals surface area (Å²) in [5, 5.41) is 5.91. The van der Waals surface area contributed by atoms with Crippen LogP contribution >= 0.6 is 11.9 Å². The van der Waals surface area contributed by atoms with E-state index in [1.54, 1.807) is 25.1 Å². The smallest absolute Gasteiger partial charge is 0.253 e. The number of carbonyl (C=O) groups is 3. The summed E-state index contributed by atoms with van der Waals surface area (Å²) < 4.78 is 17.4. The number of hydrogen-bond acceptors (Lipinski definition) is 11. The molecule has 12 nitrogen and oxygen atoms in total. The largest absolute Gasteiger partial charge is 0.371 e. The molecule has 1 spiro atoms. The third kappa shape index (κ3) is 8.84. The number of benzene rings is 3. The fraction of sp³-hybridized carbons (Fsp3) is 0.422. The molecule has 0 radical (unpaired) electrons. The molecule has 3 fully saturated rings. The van der Waals surface area contributed by atoms with Gasteiger partial charge in [0.15, 0.2) is 12.1 Å². The number of likely N-dealkylation sites (tertiary alicyclic amines) is 1. The van der Waals surface area contributed by atoms with E-state index < -0.39 is 5.82 Å². The first kappa shape index (κ1) is 41.8. The van der Waals surface area contributed by atoms with Crippen LogP contribution in [-0.4, -0.2) is 103 Å². The van der Waals surface area contributed by atoms with E-state index in [0.717, 1.165) is 97.9 Å². The number of amides is 2. The number of aromatic nitrogens is 2. The van der Waals surface area contributed by atoms with Gasteiger partial charge in [0.25, 0.3) is 5.91 Å². The summed E-state index contributed by atoms with van der Waals surface area (Å²) in [4.78, 5) is 58.5. The number of hydrogen-bond donors (Lipinski definition) is 2. The summed E-state index contributed by atoms with van der Waals surface area (Å²) in [5.41, 5.74) is 6.03. The monoisotopic (exact) mass is 819 g/mol. The van der Waals surface area contributed by atoms with E-state index in [1.165, 1.54) is 6.20 Å². The predicted octanol–water partition coefficient (Wildman–Crippen LogP) is 7.92. The van der Waals surface area contributed by atoms with Crippen LogP contribution < -0.4 is 20.4 Å². The molecule has 0 unspecified atom stereocenters. The normalized spacial score (nSPS) is 16.8. The molecule has 7 rings (SSSR count). The summed E-state index contributed by atoms with van der Waals surface area (Å²) in [6.07, 6.45) is 5.90. The Morgan fingerprint density at radius 1 is 1.07 bits per heavy atom. The average molecular weight is 820 g/mol. The number of nitrogens with one attached hydrogen (secondary N) is 2. The van der Waals surface area contributed by atoms with Crippen molar-refractivity contribution in [1.82, 2.24) is 24.5 Å². The van der Waals surface area contributed by atoms with Crippen molar-refractivity contribution in [2.45, 2.75) is 64.3 Å². The molecule has 3 aliphatic heterocycles. The third-order valence-electron chi connectivity index (χ3n) is 12.2. The second-order valence-corrected chi connectivity index (χ2v) is 17.3. The first-order valence-corrected chi connectivity index (χ1v) is 21.3. The zero-order valence-corrected chi connectivity index (χ0v) is 35.4. The Labute approximate surface area is 350 Å². The highest BCUT2D eigenvalue weighted by molar-refractivity contribution is 7.97. The van der Waals surface area contributed by atoms with Crippen LogP contribution in [0.1, 0.15) is 72.7 Å². The number of rotatable bonds is 13. The number of halogens is 1. The molecule has 3 aromatic carbocycles. The predicted molar refractivity (Wildman–Crippen MR) is 235 cm³/mol. The van der Waals surface area contributed by atoms with Crippen LogP contribution in [-0.2, 0) is 4.79 Å². The molecule has 2 amide bonds. The minimum atomic E-state index is -0.508. The molecule has 310 valence electrons. The number of piperidine rings is 2. The molecule has 0 atom stereocenters. The van der Waals surface area contributed by atoms with Gasteiger partial charge in [0.1, 0.15) is 5.69 Å². The molecule has 0 saturated carbocycles. The number of nitrogens with zero attached hydrogens (tertiary/aromatic N) is 7. The summed E-state index contributed by atoms with van der Waals surface area (Å²) in [6, 6.07) is 17.4. The van der Waals surface area contributed by atoms with Crippen LogP contribution in [0.3, 0.4) is 0 Å². The van der Waals surface area contributed by atoms with Crippen LogP contribution in [0.25, 0.3) is 11.3 Å². The van der Waals surface area contributed by atoms with Gasteiger partial charge in [-0.05, 0) is 125 Å². The lowest BCUT2D eigenvalue weighted by Crippen LogP contribution is -2.55. The zero-order valence-electron chi connectivity index (χ0n) is 34.6. The van der Waals surface area contributed by atoms with E-state index in [1.807, 2.05) is 55.5 Å². The van der Waals surface area contributed by atoms with Gasteiger partial charge in [-0.1, -0.05) is 12.1 Å². The molecule has 1 aromatic heterocycles. The van der Waals surface area contributed by atoms with Crippen molar-refractivity contribution < 1.29 is 18.8 Å². The Kier molecular flexibility index (Phi) is 12.7. The van der Waals surface area contributed by atoms with Crippen LogP contribution in [0.2, 0.25) is 0 Å². The summed E-state index contributed by atoms with van der Waals surface area (Å²) >= 11 is 1.64. The lowest BCUT2D eigenvalue weighted by atomic mass is 9.71.